The topological polar surface area (TPSA) is 223 Å². The zero-order chi connectivity index (χ0) is 35.3. The van der Waals surface area contributed by atoms with Crippen molar-refractivity contribution in [2.24, 2.45) is 16.6 Å². The fraction of sp³-hybridized carbons (Fsp3) is 0.559. The normalized spacial score (nSPS) is 21.5. The highest BCUT2D eigenvalue weighted by Gasteiger charge is 2.49. The number of ether oxygens (including phenoxy) is 1. The van der Waals surface area contributed by atoms with Crippen molar-refractivity contribution in [1.82, 2.24) is 25.2 Å². The van der Waals surface area contributed by atoms with E-state index >= 15 is 0 Å². The Labute approximate surface area is 283 Å². The van der Waals surface area contributed by atoms with Crippen LogP contribution in [0.25, 0.3) is 0 Å². The van der Waals surface area contributed by atoms with Gasteiger partial charge in [-0.1, -0.05) is 37.3 Å². The smallest absolute Gasteiger partial charge is 0.287 e. The van der Waals surface area contributed by atoms with Crippen LogP contribution < -0.4 is 11.1 Å². The first kappa shape index (κ1) is 35.5. The maximum absolute atomic E-state index is 14.6. The summed E-state index contributed by atoms with van der Waals surface area (Å²) in [6.45, 7) is 3.31. The molecule has 5 rings (SSSR count). The molecule has 2 aromatic rings. The van der Waals surface area contributed by atoms with Crippen molar-refractivity contribution in [2.75, 3.05) is 19.8 Å². The quantitative estimate of drug-likeness (QED) is 0.243. The van der Waals surface area contributed by atoms with Gasteiger partial charge >= 0.3 is 0 Å². The van der Waals surface area contributed by atoms with Gasteiger partial charge in [0, 0.05) is 44.6 Å². The number of carbonyl (C=O) groups is 5. The molecule has 4 amide bonds. The van der Waals surface area contributed by atoms with E-state index in [4.69, 9.17) is 15.7 Å². The third-order valence-electron chi connectivity index (χ3n) is 9.71. The van der Waals surface area contributed by atoms with Crippen LogP contribution in [0.3, 0.4) is 0 Å². The number of hydrogen-bond acceptors (Lipinski definition) is 10. The Bertz CT molecular complexity index is 1660. The van der Waals surface area contributed by atoms with Gasteiger partial charge in [-0.2, -0.15) is 5.26 Å². The first-order chi connectivity index (χ1) is 23.3. The molecule has 2 aliphatic heterocycles. The Hall–Kier alpha value is -4.81. The van der Waals surface area contributed by atoms with Crippen molar-refractivity contribution in [3.05, 3.63) is 47.3 Å². The highest BCUT2D eigenvalue weighted by Crippen LogP contribution is 2.34. The van der Waals surface area contributed by atoms with E-state index in [2.05, 4.69) is 20.6 Å². The number of aliphatic hydroxyl groups is 1. The number of aromatic nitrogens is 3. The van der Waals surface area contributed by atoms with Gasteiger partial charge in [0.1, 0.15) is 22.9 Å². The van der Waals surface area contributed by atoms with Gasteiger partial charge in [-0.3, -0.25) is 24.0 Å². The number of nitrogens with two attached hydrogens (primary N) is 1. The first-order valence-electron chi connectivity index (χ1n) is 16.6. The van der Waals surface area contributed by atoms with Gasteiger partial charge in [0.2, 0.25) is 11.7 Å². The second-order valence-corrected chi connectivity index (χ2v) is 13.6. The number of likely N-dealkylation sites (tertiary alicyclic amines) is 1. The van der Waals surface area contributed by atoms with E-state index < -0.39 is 52.6 Å². The molecule has 4 N–H and O–H groups in total. The van der Waals surface area contributed by atoms with Crippen molar-refractivity contribution >= 4 is 35.1 Å². The molecule has 3 aliphatic rings. The van der Waals surface area contributed by atoms with Gasteiger partial charge in [0.25, 0.3) is 17.7 Å². The molecule has 260 valence electrons. The van der Waals surface area contributed by atoms with E-state index in [1.54, 1.807) is 13.8 Å². The van der Waals surface area contributed by atoms with Gasteiger partial charge in [-0.25, -0.2) is 9.67 Å². The number of rotatable bonds is 10. The number of aliphatic imine (C=N–C) groups is 1. The predicted octanol–water partition coefficient (Wildman–Crippen LogP) is 1.49. The largest absolute Gasteiger partial charge is 0.384 e. The van der Waals surface area contributed by atoms with Gasteiger partial charge in [-0.05, 0) is 50.5 Å². The number of carbonyl (C=O) groups excluding carboxylic acids is 5. The molecular weight excluding hydrogens is 632 g/mol. The second-order valence-electron chi connectivity index (χ2n) is 13.6. The fourth-order valence-electron chi connectivity index (χ4n) is 6.98. The lowest BCUT2D eigenvalue weighted by atomic mass is 9.84. The number of Topliss-reactive ketones (excluding diaryl/α,β-unsaturated/α-hetero) is 1. The Morgan fingerprint density at radius 2 is 1.80 bits per heavy atom. The molecule has 0 radical (unpaired) electrons. The maximum atomic E-state index is 14.6. The number of primary amides is 1. The third kappa shape index (κ3) is 7.92. The fourth-order valence-corrected chi connectivity index (χ4v) is 6.98. The van der Waals surface area contributed by atoms with Crippen LogP contribution in [0.15, 0.2) is 35.5 Å². The number of benzene rings is 1. The van der Waals surface area contributed by atoms with Crippen LogP contribution in [-0.2, 0) is 29.5 Å². The molecule has 1 saturated carbocycles. The lowest BCUT2D eigenvalue weighted by molar-refractivity contribution is -0.146. The third-order valence-corrected chi connectivity index (χ3v) is 9.71. The molecule has 3 fully saturated rings. The van der Waals surface area contributed by atoms with E-state index in [0.29, 0.717) is 11.3 Å². The van der Waals surface area contributed by atoms with Crippen molar-refractivity contribution < 1.29 is 33.8 Å². The molecule has 1 aromatic carbocycles. The van der Waals surface area contributed by atoms with Crippen molar-refractivity contribution in [3.8, 4) is 6.07 Å². The summed E-state index contributed by atoms with van der Waals surface area (Å²) in [4.78, 5) is 73.0. The number of nitrogens with one attached hydrogen (secondary N) is 1. The SMILES string of the molecule is CC(C)(O)c1cnnn1[C@H]1C[C@@H](C(=O)NC2(C(=O)C(N)=O)CCOCC2)N(C(=O)/C(CC2CCCCC2)=N/C(=O)c2ccc(C#N)cc2)C1. The van der Waals surface area contributed by atoms with Crippen molar-refractivity contribution in [1.29, 1.82) is 5.26 Å². The zero-order valence-electron chi connectivity index (χ0n) is 27.8. The van der Waals surface area contributed by atoms with Gasteiger partial charge in [0.15, 0.2) is 0 Å². The van der Waals surface area contributed by atoms with Crippen molar-refractivity contribution in [2.45, 2.75) is 94.9 Å². The standard InChI is InChI=1S/C34H42N8O7/c1-33(2,48)27-19-37-40-42(27)24-17-26(31(46)39-34(28(43)29(36)44)12-14-49-15-13-34)41(20-24)32(47)25(16-21-6-4-3-5-7-21)38-30(45)23-10-8-22(18-35)9-11-23/h8-11,19,21,24,26,48H,3-7,12-17,20H2,1-2H3,(H2,36,44)(H,39,46)/b38-25+/t24-,26-/m0/s1. The molecule has 15 nitrogen and oxygen atoms in total. The highest BCUT2D eigenvalue weighted by atomic mass is 16.5. The first-order valence-corrected chi connectivity index (χ1v) is 16.6. The molecule has 2 atom stereocenters. The van der Waals surface area contributed by atoms with Gasteiger partial charge in [0.05, 0.1) is 29.6 Å². The summed E-state index contributed by atoms with van der Waals surface area (Å²) in [5.74, 6) is -4.01. The van der Waals surface area contributed by atoms with E-state index in [1.807, 2.05) is 6.07 Å². The number of nitrogens with zero attached hydrogens (tertiary/aromatic N) is 6. The summed E-state index contributed by atoms with van der Waals surface area (Å²) in [5.41, 5.74) is 3.36. The lowest BCUT2D eigenvalue weighted by Gasteiger charge is -2.37. The molecule has 2 saturated heterocycles. The predicted molar refractivity (Wildman–Crippen MR) is 174 cm³/mol. The summed E-state index contributed by atoms with van der Waals surface area (Å²) < 4.78 is 6.87. The Morgan fingerprint density at radius 3 is 2.41 bits per heavy atom. The minimum atomic E-state index is -1.61. The van der Waals surface area contributed by atoms with Crippen LogP contribution >= 0.6 is 0 Å². The summed E-state index contributed by atoms with van der Waals surface area (Å²) in [6, 6.07) is 6.15. The van der Waals surface area contributed by atoms with Crippen LogP contribution in [-0.4, -0.2) is 91.5 Å². The number of nitriles is 1. The van der Waals surface area contributed by atoms with Crippen LogP contribution in [0.5, 0.6) is 0 Å². The summed E-state index contributed by atoms with van der Waals surface area (Å²) in [7, 11) is 0. The molecule has 49 heavy (non-hydrogen) atoms. The molecule has 1 aromatic heterocycles. The van der Waals surface area contributed by atoms with Crippen LogP contribution in [0.4, 0.5) is 0 Å². The second kappa shape index (κ2) is 14.8. The highest BCUT2D eigenvalue weighted by molar-refractivity contribution is 6.41. The Kier molecular flexibility index (Phi) is 10.7. The van der Waals surface area contributed by atoms with Crippen LogP contribution in [0, 0.1) is 17.2 Å². The molecular formula is C34H42N8O7. The summed E-state index contributed by atoms with van der Waals surface area (Å²) in [5, 5.41) is 30.9. The minimum absolute atomic E-state index is 0.00463. The molecule has 0 spiro atoms. The molecule has 0 unspecified atom stereocenters. The van der Waals surface area contributed by atoms with Gasteiger partial charge < -0.3 is 25.8 Å². The van der Waals surface area contributed by atoms with Crippen molar-refractivity contribution in [3.63, 3.8) is 0 Å². The van der Waals surface area contributed by atoms with Crippen LogP contribution in [0.1, 0.15) is 99.3 Å². The molecule has 1 aliphatic carbocycles. The van der Waals surface area contributed by atoms with E-state index in [0.717, 1.165) is 32.1 Å². The van der Waals surface area contributed by atoms with E-state index in [-0.39, 0.29) is 62.6 Å². The number of amides is 4. The minimum Gasteiger partial charge on any atom is -0.384 e. The average Bonchev–Trinajstić information content (AvgIpc) is 3.77. The average molecular weight is 675 g/mol. The van der Waals surface area contributed by atoms with E-state index in [1.165, 1.54) is 40.0 Å². The Morgan fingerprint density at radius 1 is 1.12 bits per heavy atom. The monoisotopic (exact) mass is 674 g/mol. The van der Waals surface area contributed by atoms with Crippen LogP contribution in [0.2, 0.25) is 0 Å². The number of hydrogen-bond donors (Lipinski definition) is 3. The van der Waals surface area contributed by atoms with Gasteiger partial charge in [-0.15, -0.1) is 5.10 Å². The molecule has 3 heterocycles. The molecule has 15 heteroatoms. The zero-order valence-corrected chi connectivity index (χ0v) is 27.8. The molecule has 0 bridgehead atoms. The maximum Gasteiger partial charge on any atom is 0.287 e. The lowest BCUT2D eigenvalue weighted by Crippen LogP contribution is -2.63. The van der Waals surface area contributed by atoms with E-state index in [9.17, 15) is 29.1 Å². The Balaban J connectivity index is 1.52. The number of ketones is 1. The summed E-state index contributed by atoms with van der Waals surface area (Å²) >= 11 is 0. The summed E-state index contributed by atoms with van der Waals surface area (Å²) in [6.07, 6.45) is 6.46.